The summed E-state index contributed by atoms with van der Waals surface area (Å²) < 4.78 is 14.8. The summed E-state index contributed by atoms with van der Waals surface area (Å²) in [5, 5.41) is 12.7. The van der Waals surface area contributed by atoms with Gasteiger partial charge in [0.25, 0.3) is 0 Å². The molecule has 0 aliphatic rings. The lowest BCUT2D eigenvalue weighted by Gasteiger charge is -2.05. The van der Waals surface area contributed by atoms with E-state index in [2.05, 4.69) is 32.3 Å². The van der Waals surface area contributed by atoms with E-state index in [9.17, 15) is 4.39 Å². The molecule has 2 aromatic carbocycles. The van der Waals surface area contributed by atoms with Crippen molar-refractivity contribution >= 4 is 48.3 Å². The quantitative estimate of drug-likeness (QED) is 0.723. The van der Waals surface area contributed by atoms with Crippen molar-refractivity contribution in [1.29, 1.82) is 5.26 Å². The van der Waals surface area contributed by atoms with E-state index in [1.165, 1.54) is 23.5 Å². The Morgan fingerprint density at radius 2 is 2.10 bits per heavy atom. The molecule has 3 nitrogen and oxygen atoms in total. The van der Waals surface area contributed by atoms with Gasteiger partial charge in [-0.05, 0) is 46.3 Å². The van der Waals surface area contributed by atoms with Crippen LogP contribution in [0, 0.1) is 17.1 Å². The molecular formula is C14H7BrFN3S. The number of thiazole rings is 1. The van der Waals surface area contributed by atoms with Gasteiger partial charge in [0.1, 0.15) is 5.82 Å². The van der Waals surface area contributed by atoms with Gasteiger partial charge in [-0.25, -0.2) is 9.37 Å². The van der Waals surface area contributed by atoms with Crippen LogP contribution in [0.25, 0.3) is 10.2 Å². The second-order valence-electron chi connectivity index (χ2n) is 4.06. The maximum absolute atomic E-state index is 13.1. The lowest BCUT2D eigenvalue weighted by atomic mass is 10.2. The minimum atomic E-state index is -0.297. The van der Waals surface area contributed by atoms with E-state index in [-0.39, 0.29) is 5.82 Å². The SMILES string of the molecule is N#Cc1ccc(Nc2nc3cc(F)ccc3s2)c(Br)c1. The molecule has 3 aromatic rings. The van der Waals surface area contributed by atoms with Crippen molar-refractivity contribution in [2.75, 3.05) is 5.32 Å². The van der Waals surface area contributed by atoms with E-state index in [0.717, 1.165) is 14.9 Å². The van der Waals surface area contributed by atoms with Crippen LogP contribution in [0.1, 0.15) is 5.56 Å². The van der Waals surface area contributed by atoms with Crippen LogP contribution in [0.4, 0.5) is 15.2 Å². The minimum Gasteiger partial charge on any atom is -0.331 e. The fraction of sp³-hybridized carbons (Fsp3) is 0. The molecule has 0 bridgehead atoms. The summed E-state index contributed by atoms with van der Waals surface area (Å²) in [4.78, 5) is 4.33. The largest absolute Gasteiger partial charge is 0.331 e. The van der Waals surface area contributed by atoms with Crippen LogP contribution in [0.5, 0.6) is 0 Å². The van der Waals surface area contributed by atoms with Crippen molar-refractivity contribution in [3.05, 3.63) is 52.3 Å². The number of benzene rings is 2. The summed E-state index contributed by atoms with van der Waals surface area (Å²) in [5.41, 5.74) is 2.01. The highest BCUT2D eigenvalue weighted by atomic mass is 79.9. The molecule has 6 heteroatoms. The second-order valence-corrected chi connectivity index (χ2v) is 5.95. The first kappa shape index (κ1) is 13.0. The fourth-order valence-corrected chi connectivity index (χ4v) is 3.09. The van der Waals surface area contributed by atoms with E-state index in [4.69, 9.17) is 5.26 Å². The number of halogens is 2. The lowest BCUT2D eigenvalue weighted by Crippen LogP contribution is -1.90. The molecular weight excluding hydrogens is 341 g/mol. The molecule has 0 spiro atoms. The van der Waals surface area contributed by atoms with Gasteiger partial charge in [-0.3, -0.25) is 0 Å². The molecule has 0 unspecified atom stereocenters. The van der Waals surface area contributed by atoms with E-state index in [0.29, 0.717) is 16.2 Å². The van der Waals surface area contributed by atoms with Gasteiger partial charge in [0.2, 0.25) is 0 Å². The van der Waals surface area contributed by atoms with Gasteiger partial charge in [-0.1, -0.05) is 11.3 Å². The summed E-state index contributed by atoms with van der Waals surface area (Å²) >= 11 is 4.85. The van der Waals surface area contributed by atoms with E-state index < -0.39 is 0 Å². The summed E-state index contributed by atoms with van der Waals surface area (Å²) in [7, 11) is 0. The number of aromatic nitrogens is 1. The molecule has 1 aromatic heterocycles. The topological polar surface area (TPSA) is 48.7 Å². The summed E-state index contributed by atoms with van der Waals surface area (Å²) in [6.07, 6.45) is 0. The predicted molar refractivity (Wildman–Crippen MR) is 81.7 cm³/mol. The van der Waals surface area contributed by atoms with Crippen LogP contribution in [-0.4, -0.2) is 4.98 Å². The number of hydrogen-bond donors (Lipinski definition) is 1. The zero-order valence-corrected chi connectivity index (χ0v) is 12.4. The normalized spacial score (nSPS) is 10.4. The highest BCUT2D eigenvalue weighted by Gasteiger charge is 2.07. The Morgan fingerprint density at radius 3 is 2.85 bits per heavy atom. The molecule has 0 radical (unpaired) electrons. The third kappa shape index (κ3) is 2.50. The van der Waals surface area contributed by atoms with Gasteiger partial charge >= 0.3 is 0 Å². The molecule has 3 rings (SSSR count). The Balaban J connectivity index is 1.95. The van der Waals surface area contributed by atoms with Gasteiger partial charge in [-0.15, -0.1) is 0 Å². The van der Waals surface area contributed by atoms with Crippen LogP contribution < -0.4 is 5.32 Å². The van der Waals surface area contributed by atoms with Gasteiger partial charge < -0.3 is 5.32 Å². The monoisotopic (exact) mass is 347 g/mol. The molecule has 0 saturated carbocycles. The Labute approximate surface area is 126 Å². The third-order valence-corrected chi connectivity index (χ3v) is 4.30. The first-order valence-corrected chi connectivity index (χ1v) is 7.29. The van der Waals surface area contributed by atoms with Gasteiger partial charge in [-0.2, -0.15) is 5.26 Å². The highest BCUT2D eigenvalue weighted by Crippen LogP contribution is 2.31. The fourth-order valence-electron chi connectivity index (χ4n) is 1.76. The van der Waals surface area contributed by atoms with Crippen molar-refractivity contribution in [2.24, 2.45) is 0 Å². The van der Waals surface area contributed by atoms with Crippen molar-refractivity contribution in [1.82, 2.24) is 4.98 Å². The number of hydrogen-bond acceptors (Lipinski definition) is 4. The number of anilines is 2. The number of nitrogens with one attached hydrogen (secondary N) is 1. The van der Waals surface area contributed by atoms with Gasteiger partial charge in [0.15, 0.2) is 5.13 Å². The number of nitriles is 1. The van der Waals surface area contributed by atoms with Crippen molar-refractivity contribution in [2.45, 2.75) is 0 Å². The van der Waals surface area contributed by atoms with Gasteiger partial charge in [0, 0.05) is 10.5 Å². The Hall–Kier alpha value is -1.97. The Bertz CT molecular complexity index is 838. The van der Waals surface area contributed by atoms with Crippen LogP contribution in [0.3, 0.4) is 0 Å². The molecule has 1 heterocycles. The average Bonchev–Trinajstić information content (AvgIpc) is 2.82. The predicted octanol–water partition coefficient (Wildman–Crippen LogP) is 4.81. The third-order valence-electron chi connectivity index (χ3n) is 2.69. The molecule has 0 aliphatic carbocycles. The Kier molecular flexibility index (Phi) is 3.38. The molecule has 0 fully saturated rings. The van der Waals surface area contributed by atoms with Crippen molar-refractivity contribution in [3.63, 3.8) is 0 Å². The maximum Gasteiger partial charge on any atom is 0.188 e. The van der Waals surface area contributed by atoms with Crippen molar-refractivity contribution in [3.8, 4) is 6.07 Å². The standard InChI is InChI=1S/C14H7BrFN3S/c15-10-5-8(7-17)1-3-11(10)18-14-19-12-6-9(16)2-4-13(12)20-14/h1-6H,(H,18,19). The highest BCUT2D eigenvalue weighted by molar-refractivity contribution is 9.10. The Morgan fingerprint density at radius 1 is 1.25 bits per heavy atom. The van der Waals surface area contributed by atoms with Crippen LogP contribution in [0.2, 0.25) is 0 Å². The molecule has 0 saturated heterocycles. The molecule has 0 amide bonds. The van der Waals surface area contributed by atoms with E-state index >= 15 is 0 Å². The van der Waals surface area contributed by atoms with Crippen LogP contribution >= 0.6 is 27.3 Å². The summed E-state index contributed by atoms with van der Waals surface area (Å²) in [6, 6.07) is 11.9. The van der Waals surface area contributed by atoms with Gasteiger partial charge in [0.05, 0.1) is 27.5 Å². The molecule has 0 aliphatic heterocycles. The summed E-state index contributed by atoms with van der Waals surface area (Å²) in [6.45, 7) is 0. The minimum absolute atomic E-state index is 0.297. The van der Waals surface area contributed by atoms with Crippen molar-refractivity contribution < 1.29 is 4.39 Å². The summed E-state index contributed by atoms with van der Waals surface area (Å²) in [5.74, 6) is -0.297. The number of rotatable bonds is 2. The number of fused-ring (bicyclic) bond motifs is 1. The first-order valence-electron chi connectivity index (χ1n) is 5.68. The molecule has 20 heavy (non-hydrogen) atoms. The molecule has 1 N–H and O–H groups in total. The van der Waals surface area contributed by atoms with E-state index in [1.54, 1.807) is 24.3 Å². The molecule has 0 atom stereocenters. The second kappa shape index (κ2) is 5.19. The zero-order valence-electron chi connectivity index (χ0n) is 10.0. The van der Waals surface area contributed by atoms with Crippen LogP contribution in [0.15, 0.2) is 40.9 Å². The maximum atomic E-state index is 13.1. The van der Waals surface area contributed by atoms with Crippen LogP contribution in [-0.2, 0) is 0 Å². The first-order chi connectivity index (χ1) is 9.65. The lowest BCUT2D eigenvalue weighted by molar-refractivity contribution is 0.629. The zero-order chi connectivity index (χ0) is 14.1. The smallest absolute Gasteiger partial charge is 0.188 e. The van der Waals surface area contributed by atoms with E-state index in [1.807, 2.05) is 0 Å². The molecule has 98 valence electrons. The average molecular weight is 348 g/mol. The number of nitrogens with zero attached hydrogens (tertiary/aromatic N) is 2.